The van der Waals surface area contributed by atoms with Crippen molar-refractivity contribution in [2.75, 3.05) is 20.3 Å². The minimum absolute atomic E-state index is 0.0176. The van der Waals surface area contributed by atoms with Crippen LogP contribution in [0.4, 0.5) is 0 Å². The lowest BCUT2D eigenvalue weighted by Gasteiger charge is -2.29. The number of rotatable bonds is 6. The molecule has 9 heteroatoms. The molecule has 1 aromatic rings. The van der Waals surface area contributed by atoms with E-state index in [9.17, 15) is 29.4 Å². The maximum Gasteiger partial charge on any atom is 0.337 e. The molecule has 9 nitrogen and oxygen atoms in total. The number of carbonyl (C=O) groups is 4. The van der Waals surface area contributed by atoms with E-state index < -0.39 is 53.8 Å². The van der Waals surface area contributed by atoms with Crippen LogP contribution in [0.25, 0.3) is 0 Å². The van der Waals surface area contributed by atoms with Gasteiger partial charge in [-0.1, -0.05) is 12.1 Å². The average Bonchev–Trinajstić information content (AvgIpc) is 3.21. The topological polar surface area (TPSA) is 133 Å². The van der Waals surface area contributed by atoms with E-state index in [1.807, 2.05) is 0 Å². The highest BCUT2D eigenvalue weighted by Gasteiger charge is 2.68. The molecule has 0 saturated carbocycles. The number of ether oxygens (including phenoxy) is 1. The molecule has 2 aliphatic rings. The van der Waals surface area contributed by atoms with E-state index in [2.05, 4.69) is 16.0 Å². The fraction of sp³-hybridized carbons (Fsp3) is 0.400. The first-order chi connectivity index (χ1) is 13.8. The Morgan fingerprint density at radius 1 is 1.28 bits per heavy atom. The third-order valence-electron chi connectivity index (χ3n) is 5.55. The third kappa shape index (κ3) is 3.06. The molecule has 29 heavy (non-hydrogen) atoms. The van der Waals surface area contributed by atoms with Crippen LogP contribution in [0.15, 0.2) is 24.3 Å². The zero-order valence-electron chi connectivity index (χ0n) is 15.6. The Hall–Kier alpha value is -3.22. The number of amides is 2. The van der Waals surface area contributed by atoms with E-state index in [1.165, 1.54) is 19.2 Å². The summed E-state index contributed by atoms with van der Waals surface area (Å²) in [6, 6.07) is 5.22. The Morgan fingerprint density at radius 3 is 2.45 bits per heavy atom. The predicted octanol–water partition coefficient (Wildman–Crippen LogP) is -0.442. The number of nitrogens with one attached hydrogen (secondary N) is 1. The average molecular weight is 400 g/mol. The highest BCUT2D eigenvalue weighted by molar-refractivity contribution is 6.09. The summed E-state index contributed by atoms with van der Waals surface area (Å²) in [6.07, 6.45) is 5.37. The molecule has 2 fully saturated rings. The maximum atomic E-state index is 13.0. The van der Waals surface area contributed by atoms with Gasteiger partial charge in [0.25, 0.3) is 0 Å². The number of hydrogen-bond acceptors (Lipinski definition) is 7. The third-order valence-corrected chi connectivity index (χ3v) is 5.55. The van der Waals surface area contributed by atoms with E-state index >= 15 is 0 Å². The standard InChI is InChI=1S/C20H20N2O7/c1-3-4-9-22-16(24)13-14(17(22)25)20(10-23,19(27)28)21-15(13)11-5-7-12(8-6-11)18(26)29-2/h1,5-8,13-15,21,23H,4,9-10H2,2H3,(H,27,28). The first kappa shape index (κ1) is 20.5. The zero-order valence-corrected chi connectivity index (χ0v) is 15.6. The van der Waals surface area contributed by atoms with Crippen LogP contribution in [-0.4, -0.2) is 64.7 Å². The first-order valence-corrected chi connectivity index (χ1v) is 8.91. The molecule has 3 rings (SSSR count). The van der Waals surface area contributed by atoms with Gasteiger partial charge >= 0.3 is 11.9 Å². The molecule has 4 unspecified atom stereocenters. The van der Waals surface area contributed by atoms with Crippen LogP contribution in [0, 0.1) is 24.2 Å². The largest absolute Gasteiger partial charge is 0.480 e. The lowest BCUT2D eigenvalue weighted by atomic mass is 9.79. The van der Waals surface area contributed by atoms with Crippen LogP contribution in [0.2, 0.25) is 0 Å². The SMILES string of the molecule is C#CCCN1C(=O)C2C(c3ccc(C(=O)OC)cc3)NC(CO)(C(=O)O)C2C1=O. The monoisotopic (exact) mass is 400 g/mol. The number of methoxy groups -OCH3 is 1. The molecule has 0 spiro atoms. The second-order valence-electron chi connectivity index (χ2n) is 6.96. The first-order valence-electron chi connectivity index (χ1n) is 8.91. The van der Waals surface area contributed by atoms with Gasteiger partial charge in [0, 0.05) is 19.0 Å². The summed E-state index contributed by atoms with van der Waals surface area (Å²) >= 11 is 0. The van der Waals surface area contributed by atoms with Crippen molar-refractivity contribution in [1.82, 2.24) is 10.2 Å². The van der Waals surface area contributed by atoms with Gasteiger partial charge < -0.3 is 14.9 Å². The molecule has 0 radical (unpaired) electrons. The van der Waals surface area contributed by atoms with E-state index in [4.69, 9.17) is 6.42 Å². The van der Waals surface area contributed by atoms with Gasteiger partial charge in [-0.2, -0.15) is 0 Å². The Labute approximate surface area is 166 Å². The number of imide groups is 1. The number of fused-ring (bicyclic) bond motifs is 1. The quantitative estimate of drug-likeness (QED) is 0.332. The Balaban J connectivity index is 2.04. The number of nitrogens with zero attached hydrogens (tertiary/aromatic N) is 1. The van der Waals surface area contributed by atoms with Crippen molar-refractivity contribution in [2.24, 2.45) is 11.8 Å². The van der Waals surface area contributed by atoms with Crippen LogP contribution in [0.3, 0.4) is 0 Å². The van der Waals surface area contributed by atoms with Crippen LogP contribution in [0.5, 0.6) is 0 Å². The molecule has 3 N–H and O–H groups in total. The minimum atomic E-state index is -2.01. The van der Waals surface area contributed by atoms with Crippen molar-refractivity contribution in [3.8, 4) is 12.3 Å². The normalized spacial score (nSPS) is 28.2. The predicted molar refractivity (Wildman–Crippen MR) is 98.3 cm³/mol. The number of aliphatic carboxylic acids is 1. The summed E-state index contributed by atoms with van der Waals surface area (Å²) in [6.45, 7) is -0.890. The highest BCUT2D eigenvalue weighted by Crippen LogP contribution is 2.48. The molecular formula is C20H20N2O7. The number of carboxylic acid groups (broad SMARTS) is 1. The van der Waals surface area contributed by atoms with Gasteiger partial charge in [0.1, 0.15) is 0 Å². The molecule has 2 aliphatic heterocycles. The van der Waals surface area contributed by atoms with Crippen LogP contribution in [-0.2, 0) is 19.1 Å². The summed E-state index contributed by atoms with van der Waals surface area (Å²) in [4.78, 5) is 50.5. The highest BCUT2D eigenvalue weighted by atomic mass is 16.5. The van der Waals surface area contributed by atoms with Gasteiger partial charge in [-0.25, -0.2) is 4.79 Å². The number of carbonyl (C=O) groups excluding carboxylic acids is 3. The number of hydrogen-bond donors (Lipinski definition) is 3. The fourth-order valence-electron chi connectivity index (χ4n) is 4.10. The minimum Gasteiger partial charge on any atom is -0.480 e. The van der Waals surface area contributed by atoms with E-state index in [0.717, 1.165) is 4.90 Å². The summed E-state index contributed by atoms with van der Waals surface area (Å²) in [5.41, 5.74) is -1.22. The van der Waals surface area contributed by atoms with Crippen molar-refractivity contribution in [3.05, 3.63) is 35.4 Å². The van der Waals surface area contributed by atoms with Crippen LogP contribution < -0.4 is 5.32 Å². The van der Waals surface area contributed by atoms with Crippen molar-refractivity contribution in [2.45, 2.75) is 18.0 Å². The fourth-order valence-corrected chi connectivity index (χ4v) is 4.10. The Bertz CT molecular complexity index is 904. The van der Waals surface area contributed by atoms with Gasteiger partial charge in [0.2, 0.25) is 11.8 Å². The number of carboxylic acids is 1. The molecule has 0 aromatic heterocycles. The second-order valence-corrected chi connectivity index (χ2v) is 6.96. The molecule has 1 aromatic carbocycles. The molecule has 0 bridgehead atoms. The van der Waals surface area contributed by atoms with Crippen LogP contribution in [0.1, 0.15) is 28.4 Å². The Kier molecular flexibility index (Phi) is 5.42. The summed E-state index contributed by atoms with van der Waals surface area (Å²) < 4.78 is 4.65. The van der Waals surface area contributed by atoms with Gasteiger partial charge in [0.05, 0.1) is 31.1 Å². The summed E-state index contributed by atoms with van der Waals surface area (Å²) in [7, 11) is 1.25. The number of terminal acetylenes is 1. The molecule has 2 saturated heterocycles. The van der Waals surface area contributed by atoms with Crippen molar-refractivity contribution in [3.63, 3.8) is 0 Å². The number of likely N-dealkylation sites (tertiary alicyclic amines) is 1. The van der Waals surface area contributed by atoms with Gasteiger partial charge in [-0.15, -0.1) is 12.3 Å². The van der Waals surface area contributed by atoms with Crippen molar-refractivity contribution in [1.29, 1.82) is 0 Å². The molecular weight excluding hydrogens is 380 g/mol. The molecule has 4 atom stereocenters. The smallest absolute Gasteiger partial charge is 0.337 e. The van der Waals surface area contributed by atoms with Gasteiger partial charge in [-0.3, -0.25) is 24.6 Å². The molecule has 2 heterocycles. The van der Waals surface area contributed by atoms with Crippen LogP contribution >= 0.6 is 0 Å². The van der Waals surface area contributed by atoms with Crippen molar-refractivity contribution < 1.29 is 34.1 Å². The molecule has 2 amide bonds. The summed E-state index contributed by atoms with van der Waals surface area (Å²) in [5, 5.41) is 22.5. The molecule has 152 valence electrons. The van der Waals surface area contributed by atoms with E-state index in [-0.39, 0.29) is 18.5 Å². The number of esters is 1. The lowest BCUT2D eigenvalue weighted by molar-refractivity contribution is -0.153. The van der Waals surface area contributed by atoms with Crippen molar-refractivity contribution >= 4 is 23.8 Å². The molecule has 0 aliphatic carbocycles. The second kappa shape index (κ2) is 7.66. The van der Waals surface area contributed by atoms with E-state index in [0.29, 0.717) is 5.56 Å². The lowest BCUT2D eigenvalue weighted by Crippen LogP contribution is -2.58. The van der Waals surface area contributed by atoms with Gasteiger partial charge in [0.15, 0.2) is 5.54 Å². The number of benzene rings is 1. The maximum absolute atomic E-state index is 13.0. The van der Waals surface area contributed by atoms with E-state index in [1.54, 1.807) is 12.1 Å². The zero-order chi connectivity index (χ0) is 21.3. The number of aliphatic hydroxyl groups excluding tert-OH is 1. The number of aliphatic hydroxyl groups is 1. The Morgan fingerprint density at radius 2 is 1.93 bits per heavy atom. The summed E-state index contributed by atoms with van der Waals surface area (Å²) in [5.74, 6) is -3.13. The van der Waals surface area contributed by atoms with Gasteiger partial charge in [-0.05, 0) is 17.7 Å².